The fraction of sp³-hybridized carbons (Fsp3) is 0.100. The Morgan fingerprint density at radius 2 is 2.10 bits per heavy atom. The highest BCUT2D eigenvalue weighted by molar-refractivity contribution is 9.10. The molecular weight excluding hydrogens is 497 g/mol. The first-order valence-electron chi connectivity index (χ1n) is 8.71. The van der Waals surface area contributed by atoms with Crippen molar-refractivity contribution in [2.45, 2.75) is 10.5 Å². The van der Waals surface area contributed by atoms with Crippen molar-refractivity contribution in [3.05, 3.63) is 64.5 Å². The lowest BCUT2D eigenvalue weighted by molar-refractivity contribution is -0.0329. The van der Waals surface area contributed by atoms with Crippen molar-refractivity contribution >= 4 is 50.6 Å². The number of aromatic carboxylic acids is 1. The summed E-state index contributed by atoms with van der Waals surface area (Å²) in [5.74, 6) is 5.06. The molecule has 0 atom stereocenters. The summed E-state index contributed by atoms with van der Waals surface area (Å²) in [6.07, 6.45) is 4.50. The quantitative estimate of drug-likeness (QED) is 0.295. The highest BCUT2D eigenvalue weighted by atomic mass is 79.9. The van der Waals surface area contributed by atoms with E-state index in [-0.39, 0.29) is 34.5 Å². The summed E-state index contributed by atoms with van der Waals surface area (Å²) in [6.45, 7) is 0.120. The molecule has 0 aliphatic carbocycles. The number of pyridine rings is 2. The predicted octanol–water partition coefficient (Wildman–Crippen LogP) is 5.12. The maximum atomic E-state index is 13.1. The van der Waals surface area contributed by atoms with Gasteiger partial charge in [0.25, 0.3) is 0 Å². The van der Waals surface area contributed by atoms with Gasteiger partial charge < -0.3 is 14.8 Å². The molecule has 4 rings (SSSR count). The van der Waals surface area contributed by atoms with Gasteiger partial charge in [-0.2, -0.15) is 13.2 Å². The van der Waals surface area contributed by atoms with E-state index >= 15 is 0 Å². The van der Waals surface area contributed by atoms with E-state index in [0.29, 0.717) is 21.5 Å². The second-order valence-corrected chi connectivity index (χ2v) is 8.18. The van der Waals surface area contributed by atoms with Crippen molar-refractivity contribution in [2.75, 3.05) is 11.9 Å². The van der Waals surface area contributed by atoms with E-state index < -0.39 is 11.5 Å². The van der Waals surface area contributed by atoms with Crippen LogP contribution in [0.25, 0.3) is 11.2 Å². The number of imidazole rings is 1. The Kier molecular flexibility index (Phi) is 5.60. The molecule has 0 spiro atoms. The molecule has 0 saturated carbocycles. The molecule has 0 bridgehead atoms. The number of anilines is 1. The average Bonchev–Trinajstić information content (AvgIpc) is 3.26. The van der Waals surface area contributed by atoms with Crippen LogP contribution in [-0.2, 0) is 0 Å². The first kappa shape index (κ1) is 21.1. The lowest BCUT2D eigenvalue weighted by Crippen LogP contribution is -2.04. The number of carbonyl (C=O) groups is 1. The molecule has 0 radical (unpaired) electrons. The summed E-state index contributed by atoms with van der Waals surface area (Å²) >= 11 is 3.13. The zero-order valence-electron chi connectivity index (χ0n) is 15.4. The Bertz CT molecular complexity index is 1370. The molecule has 158 valence electrons. The van der Waals surface area contributed by atoms with Crippen LogP contribution >= 0.6 is 27.7 Å². The van der Waals surface area contributed by atoms with Crippen molar-refractivity contribution in [2.24, 2.45) is 0 Å². The maximum Gasteiger partial charge on any atom is 0.447 e. The van der Waals surface area contributed by atoms with E-state index in [1.807, 2.05) is 0 Å². The third kappa shape index (κ3) is 4.50. The van der Waals surface area contributed by atoms with E-state index in [4.69, 9.17) is 5.11 Å². The Morgan fingerprint density at radius 3 is 2.84 bits per heavy atom. The van der Waals surface area contributed by atoms with Crippen molar-refractivity contribution < 1.29 is 23.1 Å². The molecule has 0 fully saturated rings. The van der Waals surface area contributed by atoms with Crippen LogP contribution < -0.4 is 5.32 Å². The minimum Gasteiger partial charge on any atom is -0.478 e. The van der Waals surface area contributed by atoms with E-state index in [9.17, 15) is 18.0 Å². The van der Waals surface area contributed by atoms with Gasteiger partial charge >= 0.3 is 11.5 Å². The fourth-order valence-corrected chi connectivity index (χ4v) is 4.11. The highest BCUT2D eigenvalue weighted by Crippen LogP contribution is 2.40. The molecule has 4 aromatic heterocycles. The molecule has 0 amide bonds. The van der Waals surface area contributed by atoms with Gasteiger partial charge in [-0.3, -0.25) is 4.40 Å². The summed E-state index contributed by atoms with van der Waals surface area (Å²) in [5.41, 5.74) is -2.98. The number of carboxylic acids is 1. The number of rotatable bonds is 4. The number of nitrogens with one attached hydrogen (secondary N) is 1. The van der Waals surface area contributed by atoms with Gasteiger partial charge in [0.2, 0.25) is 0 Å². The Morgan fingerprint density at radius 1 is 1.29 bits per heavy atom. The van der Waals surface area contributed by atoms with Crippen LogP contribution in [0.4, 0.5) is 19.0 Å². The molecule has 0 aromatic carbocycles. The van der Waals surface area contributed by atoms with Gasteiger partial charge in [-0.1, -0.05) is 11.8 Å². The molecule has 6 nitrogen and oxygen atoms in total. The van der Waals surface area contributed by atoms with Crippen LogP contribution in [0.5, 0.6) is 0 Å². The van der Waals surface area contributed by atoms with Gasteiger partial charge in [0, 0.05) is 28.6 Å². The molecule has 4 aromatic rings. The zero-order chi connectivity index (χ0) is 22.2. The summed E-state index contributed by atoms with van der Waals surface area (Å²) in [5, 5.41) is 12.1. The Labute approximate surface area is 186 Å². The van der Waals surface area contributed by atoms with Crippen molar-refractivity contribution in [1.29, 1.82) is 0 Å². The lowest BCUT2D eigenvalue weighted by atomic mass is 10.3. The number of carboxylic acid groups (broad SMARTS) is 1. The number of thioether (sulfide) groups is 1. The minimum atomic E-state index is -4.45. The molecule has 2 N–H and O–H groups in total. The molecule has 4 heterocycles. The number of halogens is 4. The third-order valence-electron chi connectivity index (χ3n) is 4.26. The number of fused-ring (bicyclic) bond motifs is 2. The number of nitrogens with zero attached hydrogens (tertiary/aromatic N) is 3. The second-order valence-electron chi connectivity index (χ2n) is 6.27. The summed E-state index contributed by atoms with van der Waals surface area (Å²) in [4.78, 5) is 15.3. The van der Waals surface area contributed by atoms with Gasteiger partial charge in [0.15, 0.2) is 0 Å². The topological polar surface area (TPSA) is 71.0 Å². The Balaban J connectivity index is 1.60. The Hall–Kier alpha value is -3.10. The zero-order valence-corrected chi connectivity index (χ0v) is 17.8. The first-order valence-corrected chi connectivity index (χ1v) is 10.3. The van der Waals surface area contributed by atoms with Crippen LogP contribution in [0, 0.1) is 11.8 Å². The molecule has 11 heteroatoms. The third-order valence-corrected chi connectivity index (χ3v) is 5.77. The van der Waals surface area contributed by atoms with Gasteiger partial charge in [-0.15, -0.1) is 0 Å². The van der Waals surface area contributed by atoms with E-state index in [0.717, 1.165) is 0 Å². The standard InChI is InChI=1S/C20H12BrF3N4O2S/c21-14-4-2-8-27-15(14)9-12(18(27)31-20(22,23)24)3-1-7-25-17-10-26-16-6-5-13(19(29)30)11-28(16)17/h2,4-6,8-11,25H,7H2,(H,29,30). The van der Waals surface area contributed by atoms with Gasteiger partial charge in [0.1, 0.15) is 16.5 Å². The number of alkyl halides is 3. The minimum absolute atomic E-state index is 0.0165. The van der Waals surface area contributed by atoms with Crippen LogP contribution in [-0.4, -0.2) is 36.9 Å². The van der Waals surface area contributed by atoms with E-state index in [1.165, 1.54) is 22.9 Å². The average molecular weight is 509 g/mol. The summed E-state index contributed by atoms with van der Waals surface area (Å²) in [7, 11) is 0. The monoisotopic (exact) mass is 508 g/mol. The smallest absolute Gasteiger partial charge is 0.447 e. The maximum absolute atomic E-state index is 13.1. The fourth-order valence-electron chi connectivity index (χ4n) is 2.95. The van der Waals surface area contributed by atoms with E-state index in [1.54, 1.807) is 34.9 Å². The number of aromatic nitrogens is 3. The van der Waals surface area contributed by atoms with Gasteiger partial charge in [0.05, 0.1) is 29.4 Å². The SMILES string of the molecule is O=C(O)c1ccc2ncc(NCC#Cc3cc4c(Br)cccn4c3SC(F)(F)F)n2c1. The van der Waals surface area contributed by atoms with Gasteiger partial charge in [-0.25, -0.2) is 9.78 Å². The second kappa shape index (κ2) is 8.20. The van der Waals surface area contributed by atoms with Crippen LogP contribution in [0.3, 0.4) is 0 Å². The molecular formula is C20H12BrF3N4O2S. The summed E-state index contributed by atoms with van der Waals surface area (Å²) < 4.78 is 42.9. The molecule has 31 heavy (non-hydrogen) atoms. The van der Waals surface area contributed by atoms with Crippen LogP contribution in [0.2, 0.25) is 0 Å². The predicted molar refractivity (Wildman–Crippen MR) is 115 cm³/mol. The van der Waals surface area contributed by atoms with Crippen LogP contribution in [0.1, 0.15) is 15.9 Å². The first-order chi connectivity index (χ1) is 14.7. The number of hydrogen-bond donors (Lipinski definition) is 2. The van der Waals surface area contributed by atoms with Gasteiger partial charge in [-0.05, 0) is 46.3 Å². The number of hydrogen-bond acceptors (Lipinski definition) is 4. The van der Waals surface area contributed by atoms with Crippen LogP contribution in [0.15, 0.2) is 58.4 Å². The molecule has 0 saturated heterocycles. The molecule has 0 unspecified atom stereocenters. The lowest BCUT2D eigenvalue weighted by Gasteiger charge is -2.07. The normalized spacial score (nSPS) is 11.5. The largest absolute Gasteiger partial charge is 0.478 e. The summed E-state index contributed by atoms with van der Waals surface area (Å²) in [6, 6.07) is 8.01. The van der Waals surface area contributed by atoms with Crippen molar-refractivity contribution in [3.8, 4) is 11.8 Å². The highest BCUT2D eigenvalue weighted by Gasteiger charge is 2.32. The molecule has 0 aliphatic rings. The van der Waals surface area contributed by atoms with Crippen molar-refractivity contribution in [1.82, 2.24) is 13.8 Å². The van der Waals surface area contributed by atoms with E-state index in [2.05, 4.69) is 38.1 Å². The molecule has 0 aliphatic heterocycles. The van der Waals surface area contributed by atoms with Crippen molar-refractivity contribution in [3.63, 3.8) is 0 Å².